The predicted octanol–water partition coefficient (Wildman–Crippen LogP) is -0.214. The second-order valence-electron chi connectivity index (χ2n) is 2.31. The van der Waals surface area contributed by atoms with Gasteiger partial charge in [-0.15, -0.1) is 0 Å². The molecule has 0 aliphatic carbocycles. The molecule has 3 heteroatoms. The van der Waals surface area contributed by atoms with Crippen LogP contribution in [-0.2, 0) is 0 Å². The van der Waals surface area contributed by atoms with Gasteiger partial charge in [-0.2, -0.15) is 0 Å². The Morgan fingerprint density at radius 1 is 1.70 bits per heavy atom. The molecule has 1 unspecified atom stereocenters. The molecule has 0 saturated carbocycles. The topological polar surface area (TPSA) is 64.1 Å². The number of nitrogens with two attached hydrogens (primary N) is 2. The van der Waals surface area contributed by atoms with Gasteiger partial charge >= 0.3 is 0 Å². The van der Waals surface area contributed by atoms with Crippen LogP contribution in [0.15, 0.2) is 12.3 Å². The van der Waals surface area contributed by atoms with Crippen LogP contribution in [0.4, 0.5) is 0 Å². The average Bonchev–Trinajstić information content (AvgIpc) is 1.98. The van der Waals surface area contributed by atoms with Crippen molar-refractivity contribution in [1.82, 2.24) is 5.32 Å². The van der Waals surface area contributed by atoms with Crippen LogP contribution in [0.2, 0.25) is 0 Å². The molecular weight excluding hydrogens is 126 g/mol. The van der Waals surface area contributed by atoms with Crippen LogP contribution in [0.5, 0.6) is 0 Å². The SMILES string of the molecule is C=C(NC)C(N)CCCN. The zero-order valence-electron chi connectivity index (χ0n) is 6.56. The normalized spacial score (nSPS) is 12.7. The smallest absolute Gasteiger partial charge is 0.0438 e. The van der Waals surface area contributed by atoms with Crippen LogP contribution in [0.1, 0.15) is 12.8 Å². The predicted molar refractivity (Wildman–Crippen MR) is 44.5 cm³/mol. The van der Waals surface area contributed by atoms with Crippen molar-refractivity contribution < 1.29 is 0 Å². The Morgan fingerprint density at radius 3 is 2.70 bits per heavy atom. The van der Waals surface area contributed by atoms with Crippen LogP contribution < -0.4 is 16.8 Å². The fourth-order valence-electron chi connectivity index (χ4n) is 0.697. The molecule has 0 aromatic carbocycles. The first-order chi connectivity index (χ1) is 4.72. The molecular formula is C7H17N3. The molecule has 0 aromatic rings. The molecule has 0 aliphatic rings. The molecule has 0 aromatic heterocycles. The van der Waals surface area contributed by atoms with E-state index in [1.165, 1.54) is 0 Å². The minimum absolute atomic E-state index is 0.0496. The van der Waals surface area contributed by atoms with E-state index in [-0.39, 0.29) is 6.04 Å². The lowest BCUT2D eigenvalue weighted by Gasteiger charge is -2.12. The molecule has 1 atom stereocenters. The second kappa shape index (κ2) is 5.26. The number of rotatable bonds is 5. The van der Waals surface area contributed by atoms with Crippen molar-refractivity contribution in [2.75, 3.05) is 13.6 Å². The molecule has 3 nitrogen and oxygen atoms in total. The zero-order valence-corrected chi connectivity index (χ0v) is 6.56. The number of hydrogen-bond acceptors (Lipinski definition) is 3. The van der Waals surface area contributed by atoms with Crippen LogP contribution in [0.25, 0.3) is 0 Å². The lowest BCUT2D eigenvalue weighted by atomic mass is 10.1. The molecule has 0 rings (SSSR count). The Bertz CT molecular complexity index is 101. The summed E-state index contributed by atoms with van der Waals surface area (Å²) in [5.41, 5.74) is 11.9. The van der Waals surface area contributed by atoms with Crippen molar-refractivity contribution >= 4 is 0 Å². The highest BCUT2D eigenvalue weighted by Crippen LogP contribution is 1.98. The van der Waals surface area contributed by atoms with E-state index in [0.717, 1.165) is 18.5 Å². The minimum Gasteiger partial charge on any atom is -0.391 e. The lowest BCUT2D eigenvalue weighted by molar-refractivity contribution is 0.623. The summed E-state index contributed by atoms with van der Waals surface area (Å²) in [5, 5.41) is 2.91. The summed E-state index contributed by atoms with van der Waals surface area (Å²) >= 11 is 0. The van der Waals surface area contributed by atoms with E-state index in [9.17, 15) is 0 Å². The first-order valence-electron chi connectivity index (χ1n) is 3.54. The second-order valence-corrected chi connectivity index (χ2v) is 2.31. The molecule has 10 heavy (non-hydrogen) atoms. The van der Waals surface area contributed by atoms with Gasteiger partial charge in [0.05, 0.1) is 0 Å². The number of likely N-dealkylation sites (N-methyl/N-ethyl adjacent to an activating group) is 1. The summed E-state index contributed by atoms with van der Waals surface area (Å²) in [6.07, 6.45) is 1.87. The van der Waals surface area contributed by atoms with Gasteiger partial charge in [-0.25, -0.2) is 0 Å². The van der Waals surface area contributed by atoms with Crippen molar-refractivity contribution in [2.24, 2.45) is 11.5 Å². The molecule has 0 heterocycles. The van der Waals surface area contributed by atoms with E-state index >= 15 is 0 Å². The number of hydrogen-bond donors (Lipinski definition) is 3. The van der Waals surface area contributed by atoms with Gasteiger partial charge in [-0.1, -0.05) is 6.58 Å². The van der Waals surface area contributed by atoms with E-state index < -0.39 is 0 Å². The summed E-state index contributed by atoms with van der Waals surface area (Å²) in [6.45, 7) is 4.45. The highest BCUT2D eigenvalue weighted by Gasteiger charge is 2.02. The Morgan fingerprint density at radius 2 is 2.30 bits per heavy atom. The van der Waals surface area contributed by atoms with E-state index in [1.54, 1.807) is 0 Å². The molecule has 0 bridgehead atoms. The average molecular weight is 143 g/mol. The van der Waals surface area contributed by atoms with Crippen molar-refractivity contribution in [3.05, 3.63) is 12.3 Å². The molecule has 60 valence electrons. The van der Waals surface area contributed by atoms with Gasteiger partial charge in [0.15, 0.2) is 0 Å². The van der Waals surface area contributed by atoms with Crippen LogP contribution in [-0.4, -0.2) is 19.6 Å². The van der Waals surface area contributed by atoms with Gasteiger partial charge in [-0.05, 0) is 19.4 Å². The molecule has 0 amide bonds. The maximum absolute atomic E-state index is 5.70. The third-order valence-electron chi connectivity index (χ3n) is 1.49. The minimum atomic E-state index is 0.0496. The van der Waals surface area contributed by atoms with Gasteiger partial charge in [0, 0.05) is 18.8 Å². The van der Waals surface area contributed by atoms with Crippen LogP contribution in [0, 0.1) is 0 Å². The highest BCUT2D eigenvalue weighted by atomic mass is 14.9. The Balaban J connectivity index is 3.41. The van der Waals surface area contributed by atoms with Gasteiger partial charge in [-0.3, -0.25) is 0 Å². The van der Waals surface area contributed by atoms with Crippen LogP contribution in [0.3, 0.4) is 0 Å². The zero-order chi connectivity index (χ0) is 7.98. The molecule has 0 spiro atoms. The Hall–Kier alpha value is -0.540. The molecule has 0 radical (unpaired) electrons. The molecule has 0 aliphatic heterocycles. The summed E-state index contributed by atoms with van der Waals surface area (Å²) in [6, 6.07) is 0.0496. The molecule has 5 N–H and O–H groups in total. The lowest BCUT2D eigenvalue weighted by Crippen LogP contribution is -2.29. The molecule has 0 saturated heterocycles. The summed E-state index contributed by atoms with van der Waals surface area (Å²) in [7, 11) is 1.82. The summed E-state index contributed by atoms with van der Waals surface area (Å²) in [5.74, 6) is 0. The molecule has 0 fully saturated rings. The van der Waals surface area contributed by atoms with Gasteiger partial charge in [0.2, 0.25) is 0 Å². The van der Waals surface area contributed by atoms with Gasteiger partial charge in [0.1, 0.15) is 0 Å². The quantitative estimate of drug-likeness (QED) is 0.499. The summed E-state index contributed by atoms with van der Waals surface area (Å²) in [4.78, 5) is 0. The van der Waals surface area contributed by atoms with E-state index in [0.29, 0.717) is 6.54 Å². The third-order valence-corrected chi connectivity index (χ3v) is 1.49. The fraction of sp³-hybridized carbons (Fsp3) is 0.714. The van der Waals surface area contributed by atoms with Crippen molar-refractivity contribution in [2.45, 2.75) is 18.9 Å². The summed E-state index contributed by atoms with van der Waals surface area (Å²) < 4.78 is 0. The van der Waals surface area contributed by atoms with E-state index in [1.807, 2.05) is 7.05 Å². The van der Waals surface area contributed by atoms with Gasteiger partial charge < -0.3 is 16.8 Å². The first-order valence-corrected chi connectivity index (χ1v) is 3.54. The first kappa shape index (κ1) is 9.46. The van der Waals surface area contributed by atoms with Gasteiger partial charge in [0.25, 0.3) is 0 Å². The standard InChI is InChI=1S/C7H17N3/c1-6(10-2)7(9)4-3-5-8/h7,10H,1,3-5,8-9H2,2H3. The van der Waals surface area contributed by atoms with Crippen molar-refractivity contribution in [3.63, 3.8) is 0 Å². The Kier molecular flexibility index (Phi) is 4.98. The maximum atomic E-state index is 5.70. The van der Waals surface area contributed by atoms with Crippen LogP contribution >= 0.6 is 0 Å². The Labute approximate surface area is 62.5 Å². The van der Waals surface area contributed by atoms with Crippen molar-refractivity contribution in [3.8, 4) is 0 Å². The largest absolute Gasteiger partial charge is 0.391 e. The number of nitrogens with one attached hydrogen (secondary N) is 1. The van der Waals surface area contributed by atoms with E-state index in [4.69, 9.17) is 11.5 Å². The van der Waals surface area contributed by atoms with E-state index in [2.05, 4.69) is 11.9 Å². The maximum Gasteiger partial charge on any atom is 0.0438 e. The third kappa shape index (κ3) is 3.48. The fourth-order valence-corrected chi connectivity index (χ4v) is 0.697. The highest BCUT2D eigenvalue weighted by molar-refractivity contribution is 5.00. The monoisotopic (exact) mass is 143 g/mol. The van der Waals surface area contributed by atoms with Crippen molar-refractivity contribution in [1.29, 1.82) is 0 Å².